The second-order valence-electron chi connectivity index (χ2n) is 6.71. The van der Waals surface area contributed by atoms with Crippen LogP contribution in [0.1, 0.15) is 44.1 Å². The van der Waals surface area contributed by atoms with Gasteiger partial charge in [0, 0.05) is 31.6 Å². The average molecular weight is 305 g/mol. The van der Waals surface area contributed by atoms with Gasteiger partial charge in [0.1, 0.15) is 5.82 Å². The molecule has 4 heteroatoms. The smallest absolute Gasteiger partial charge is 0.220 e. The number of carbonyl (C=O) groups is 1. The maximum Gasteiger partial charge on any atom is 0.220 e. The Balaban J connectivity index is 1.63. The lowest BCUT2D eigenvalue weighted by Gasteiger charge is -2.30. The highest BCUT2D eigenvalue weighted by Gasteiger charge is 2.36. The van der Waals surface area contributed by atoms with Gasteiger partial charge in [-0.3, -0.25) is 4.79 Å². The van der Waals surface area contributed by atoms with Crippen molar-refractivity contribution in [2.24, 2.45) is 5.92 Å². The van der Waals surface area contributed by atoms with Gasteiger partial charge in [-0.05, 0) is 42.9 Å². The first kappa shape index (κ1) is 15.5. The highest BCUT2D eigenvalue weighted by atomic mass is 19.1. The number of carbonyl (C=O) groups excluding carboxylic acids is 1. The molecule has 120 valence electrons. The molecule has 2 fully saturated rings. The Morgan fingerprint density at radius 2 is 2.18 bits per heavy atom. The van der Waals surface area contributed by atoms with Gasteiger partial charge in [-0.25, -0.2) is 4.39 Å². The van der Waals surface area contributed by atoms with Gasteiger partial charge < -0.3 is 10.1 Å². The van der Waals surface area contributed by atoms with Gasteiger partial charge in [0.25, 0.3) is 0 Å². The number of hydrogen-bond acceptors (Lipinski definition) is 2. The van der Waals surface area contributed by atoms with E-state index < -0.39 is 0 Å². The molecular weight excluding hydrogens is 281 g/mol. The number of rotatable bonds is 5. The molecule has 1 atom stereocenters. The fourth-order valence-electron chi connectivity index (χ4n) is 3.78. The predicted octanol–water partition coefficient (Wildman–Crippen LogP) is 3.18. The van der Waals surface area contributed by atoms with Crippen molar-refractivity contribution in [1.82, 2.24) is 5.32 Å². The fourth-order valence-corrected chi connectivity index (χ4v) is 3.78. The number of amides is 1. The molecule has 0 unspecified atom stereocenters. The van der Waals surface area contributed by atoms with Crippen molar-refractivity contribution in [3.05, 3.63) is 35.6 Å². The molecule has 1 aromatic rings. The summed E-state index contributed by atoms with van der Waals surface area (Å²) in [4.78, 5) is 12.2. The van der Waals surface area contributed by atoms with Gasteiger partial charge >= 0.3 is 0 Å². The molecule has 0 bridgehead atoms. The van der Waals surface area contributed by atoms with Gasteiger partial charge in [0.15, 0.2) is 0 Å². The average Bonchev–Trinajstić information content (AvgIpc) is 3.17. The van der Waals surface area contributed by atoms with E-state index in [4.69, 9.17) is 4.74 Å². The standard InChI is InChI=1S/C18H24FNO2/c19-16-5-3-4-15(11-16)18(7-1-2-8-18)13-20-17(21)10-14-6-9-22-12-14/h3-5,11,14H,1-2,6-10,12-13H2,(H,20,21)/t14-/m1/s1. The lowest BCUT2D eigenvalue weighted by atomic mass is 9.78. The van der Waals surface area contributed by atoms with Crippen molar-refractivity contribution >= 4 is 5.91 Å². The van der Waals surface area contributed by atoms with Crippen molar-refractivity contribution in [3.63, 3.8) is 0 Å². The van der Waals surface area contributed by atoms with Crippen LogP contribution in [0.5, 0.6) is 0 Å². The third-order valence-electron chi connectivity index (χ3n) is 5.12. The Morgan fingerprint density at radius 3 is 2.86 bits per heavy atom. The number of nitrogens with one attached hydrogen (secondary N) is 1. The second kappa shape index (κ2) is 6.78. The van der Waals surface area contributed by atoms with Gasteiger partial charge in [0.2, 0.25) is 5.91 Å². The summed E-state index contributed by atoms with van der Waals surface area (Å²) in [6.45, 7) is 2.08. The van der Waals surface area contributed by atoms with Crippen molar-refractivity contribution in [1.29, 1.82) is 0 Å². The van der Waals surface area contributed by atoms with Crippen molar-refractivity contribution in [2.45, 2.75) is 43.9 Å². The molecule has 3 rings (SSSR count). The van der Waals surface area contributed by atoms with Gasteiger partial charge in [0.05, 0.1) is 0 Å². The van der Waals surface area contributed by atoms with Crippen LogP contribution in [0.25, 0.3) is 0 Å². The van der Waals surface area contributed by atoms with E-state index in [0.29, 0.717) is 25.5 Å². The Morgan fingerprint density at radius 1 is 1.36 bits per heavy atom. The highest BCUT2D eigenvalue weighted by molar-refractivity contribution is 5.76. The van der Waals surface area contributed by atoms with E-state index in [-0.39, 0.29) is 17.1 Å². The van der Waals surface area contributed by atoms with E-state index in [1.165, 1.54) is 6.07 Å². The molecule has 1 heterocycles. The number of ether oxygens (including phenoxy) is 1. The van der Waals surface area contributed by atoms with Crippen LogP contribution in [0.3, 0.4) is 0 Å². The van der Waals surface area contributed by atoms with Gasteiger partial charge in [-0.1, -0.05) is 25.0 Å². The van der Waals surface area contributed by atoms with E-state index in [1.807, 2.05) is 6.07 Å². The van der Waals surface area contributed by atoms with Crippen LogP contribution in [0, 0.1) is 11.7 Å². The third-order valence-corrected chi connectivity index (χ3v) is 5.12. The summed E-state index contributed by atoms with van der Waals surface area (Å²) in [5.41, 5.74) is 0.929. The minimum Gasteiger partial charge on any atom is -0.381 e. The first-order valence-corrected chi connectivity index (χ1v) is 8.28. The number of benzene rings is 1. The number of halogens is 1. The van der Waals surface area contributed by atoms with Crippen molar-refractivity contribution in [3.8, 4) is 0 Å². The maximum absolute atomic E-state index is 13.6. The van der Waals surface area contributed by atoms with Crippen molar-refractivity contribution < 1.29 is 13.9 Å². The SMILES string of the molecule is O=C(C[C@H]1CCOC1)NCC1(c2cccc(F)c2)CCCC1. The lowest BCUT2D eigenvalue weighted by molar-refractivity contribution is -0.122. The monoisotopic (exact) mass is 305 g/mol. The maximum atomic E-state index is 13.6. The summed E-state index contributed by atoms with van der Waals surface area (Å²) in [5, 5.41) is 3.09. The van der Waals surface area contributed by atoms with E-state index in [1.54, 1.807) is 12.1 Å². The Kier molecular flexibility index (Phi) is 4.77. The molecule has 1 aliphatic heterocycles. The predicted molar refractivity (Wildman–Crippen MR) is 83.1 cm³/mol. The van der Waals surface area contributed by atoms with E-state index in [9.17, 15) is 9.18 Å². The zero-order chi connectivity index (χ0) is 15.4. The van der Waals surface area contributed by atoms with Crippen LogP contribution in [-0.2, 0) is 14.9 Å². The second-order valence-corrected chi connectivity index (χ2v) is 6.71. The normalized spacial score (nSPS) is 23.6. The summed E-state index contributed by atoms with van der Waals surface area (Å²) < 4.78 is 18.9. The molecule has 1 saturated heterocycles. The lowest BCUT2D eigenvalue weighted by Crippen LogP contribution is -2.39. The van der Waals surface area contributed by atoms with Crippen LogP contribution >= 0.6 is 0 Å². The minimum atomic E-state index is -0.196. The summed E-state index contributed by atoms with van der Waals surface area (Å²) >= 11 is 0. The van der Waals surface area contributed by atoms with E-state index in [0.717, 1.165) is 44.3 Å². The molecule has 1 amide bonds. The molecular formula is C18H24FNO2. The van der Waals surface area contributed by atoms with Crippen LogP contribution in [0.2, 0.25) is 0 Å². The quantitative estimate of drug-likeness (QED) is 0.907. The largest absolute Gasteiger partial charge is 0.381 e. The molecule has 1 aromatic carbocycles. The molecule has 0 spiro atoms. The molecule has 1 saturated carbocycles. The Bertz CT molecular complexity index is 520. The topological polar surface area (TPSA) is 38.3 Å². The summed E-state index contributed by atoms with van der Waals surface area (Å²) in [6, 6.07) is 6.86. The molecule has 2 aliphatic rings. The molecule has 0 radical (unpaired) electrons. The molecule has 0 aromatic heterocycles. The van der Waals surface area contributed by atoms with Crippen LogP contribution in [-0.4, -0.2) is 25.7 Å². The van der Waals surface area contributed by atoms with Crippen LogP contribution < -0.4 is 5.32 Å². The fraction of sp³-hybridized carbons (Fsp3) is 0.611. The van der Waals surface area contributed by atoms with E-state index in [2.05, 4.69) is 5.32 Å². The van der Waals surface area contributed by atoms with E-state index >= 15 is 0 Å². The molecule has 22 heavy (non-hydrogen) atoms. The molecule has 1 N–H and O–H groups in total. The van der Waals surface area contributed by atoms with Crippen molar-refractivity contribution in [2.75, 3.05) is 19.8 Å². The summed E-state index contributed by atoms with van der Waals surface area (Å²) in [6.07, 6.45) is 5.83. The van der Waals surface area contributed by atoms with Crippen LogP contribution in [0.4, 0.5) is 4.39 Å². The summed E-state index contributed by atoms with van der Waals surface area (Å²) in [7, 11) is 0. The van der Waals surface area contributed by atoms with Gasteiger partial charge in [-0.2, -0.15) is 0 Å². The first-order valence-electron chi connectivity index (χ1n) is 8.28. The molecule has 1 aliphatic carbocycles. The number of hydrogen-bond donors (Lipinski definition) is 1. The zero-order valence-corrected chi connectivity index (χ0v) is 12.9. The third kappa shape index (κ3) is 3.49. The minimum absolute atomic E-state index is 0.0933. The highest BCUT2D eigenvalue weighted by Crippen LogP contribution is 2.40. The summed E-state index contributed by atoms with van der Waals surface area (Å²) in [5.74, 6) is 0.255. The molecule has 3 nitrogen and oxygen atoms in total. The first-order chi connectivity index (χ1) is 10.7. The van der Waals surface area contributed by atoms with Crippen LogP contribution in [0.15, 0.2) is 24.3 Å². The zero-order valence-electron chi connectivity index (χ0n) is 12.9. The Hall–Kier alpha value is -1.42. The Labute approximate surface area is 131 Å². The van der Waals surface area contributed by atoms with Gasteiger partial charge in [-0.15, -0.1) is 0 Å².